The van der Waals surface area contributed by atoms with E-state index in [4.69, 9.17) is 9.47 Å². The zero-order valence-electron chi connectivity index (χ0n) is 13.5. The number of rotatable bonds is 7. The van der Waals surface area contributed by atoms with Crippen LogP contribution in [0.25, 0.3) is 0 Å². The van der Waals surface area contributed by atoms with Gasteiger partial charge in [-0.3, -0.25) is 14.5 Å². The van der Waals surface area contributed by atoms with Crippen molar-refractivity contribution in [3.05, 3.63) is 0 Å². The maximum absolute atomic E-state index is 12.2. The third-order valence-electron chi connectivity index (χ3n) is 4.30. The molecule has 2 heterocycles. The van der Waals surface area contributed by atoms with Gasteiger partial charge >= 0.3 is 0 Å². The van der Waals surface area contributed by atoms with E-state index in [0.29, 0.717) is 26.1 Å². The molecule has 2 saturated heterocycles. The van der Waals surface area contributed by atoms with Gasteiger partial charge in [0.25, 0.3) is 0 Å². The molecule has 0 aromatic heterocycles. The van der Waals surface area contributed by atoms with Gasteiger partial charge < -0.3 is 19.7 Å². The number of hydrogen-bond donors (Lipinski definition) is 1. The molecule has 126 valence electrons. The fourth-order valence-electron chi connectivity index (χ4n) is 2.97. The largest absolute Gasteiger partial charge is 0.383 e. The molecule has 1 N–H and O–H groups in total. The molecule has 0 radical (unpaired) electrons. The first-order valence-electron chi connectivity index (χ1n) is 7.98. The Kier molecular flexibility index (Phi) is 6.60. The Bertz CT molecular complexity index is 385. The summed E-state index contributed by atoms with van der Waals surface area (Å²) in [6.45, 7) is 7.75. The Hall–Kier alpha value is -1.18. The second kappa shape index (κ2) is 8.45. The number of carbonyl (C=O) groups is 2. The van der Waals surface area contributed by atoms with Gasteiger partial charge in [-0.2, -0.15) is 0 Å². The van der Waals surface area contributed by atoms with Crippen molar-refractivity contribution in [3.8, 4) is 0 Å². The number of methoxy groups -OCH3 is 1. The van der Waals surface area contributed by atoms with Crippen LogP contribution >= 0.6 is 0 Å². The van der Waals surface area contributed by atoms with Crippen molar-refractivity contribution in [1.82, 2.24) is 15.1 Å². The van der Waals surface area contributed by atoms with E-state index in [9.17, 15) is 9.59 Å². The first-order valence-corrected chi connectivity index (χ1v) is 7.98. The van der Waals surface area contributed by atoms with Gasteiger partial charge in [0.2, 0.25) is 11.8 Å². The Balaban J connectivity index is 1.70. The average molecular weight is 313 g/mol. The van der Waals surface area contributed by atoms with E-state index in [1.54, 1.807) is 12.0 Å². The standard InChI is InChI=1S/C15H27N3O4/c1-12(11-21-2)18-10-13(9-14(18)19)15(20)16-3-4-17-5-7-22-8-6-17/h12-13H,3-11H2,1-2H3,(H,16,20)/t12-,13+/m0/s1. The molecule has 0 spiro atoms. The predicted octanol–water partition coefficient (Wildman–Crippen LogP) is -0.682. The average Bonchev–Trinajstić information content (AvgIpc) is 2.91. The van der Waals surface area contributed by atoms with Gasteiger partial charge in [-0.05, 0) is 6.92 Å². The van der Waals surface area contributed by atoms with Crippen molar-refractivity contribution in [3.63, 3.8) is 0 Å². The van der Waals surface area contributed by atoms with Crippen molar-refractivity contribution in [1.29, 1.82) is 0 Å². The molecule has 0 aliphatic carbocycles. The number of nitrogens with one attached hydrogen (secondary N) is 1. The number of carbonyl (C=O) groups excluding carboxylic acids is 2. The van der Waals surface area contributed by atoms with Crippen LogP contribution in [0, 0.1) is 5.92 Å². The van der Waals surface area contributed by atoms with Crippen LogP contribution in [0.1, 0.15) is 13.3 Å². The summed E-state index contributed by atoms with van der Waals surface area (Å²) in [6.07, 6.45) is 0.303. The molecule has 2 rings (SSSR count). The molecule has 0 saturated carbocycles. The molecule has 7 heteroatoms. The SMILES string of the molecule is COC[C@H](C)N1C[C@H](C(=O)NCCN2CCOCC2)CC1=O. The molecule has 0 aromatic carbocycles. The maximum atomic E-state index is 12.2. The Labute approximate surface area is 131 Å². The van der Waals surface area contributed by atoms with Crippen LogP contribution in [0.3, 0.4) is 0 Å². The number of morpholine rings is 1. The number of nitrogens with zero attached hydrogens (tertiary/aromatic N) is 2. The van der Waals surface area contributed by atoms with E-state index < -0.39 is 0 Å². The number of likely N-dealkylation sites (tertiary alicyclic amines) is 1. The van der Waals surface area contributed by atoms with Crippen molar-refractivity contribution >= 4 is 11.8 Å². The summed E-state index contributed by atoms with van der Waals surface area (Å²) < 4.78 is 10.4. The first-order chi connectivity index (χ1) is 10.6. The van der Waals surface area contributed by atoms with Crippen LogP contribution in [-0.4, -0.2) is 87.3 Å². The molecule has 2 atom stereocenters. The van der Waals surface area contributed by atoms with E-state index in [1.807, 2.05) is 6.92 Å². The highest BCUT2D eigenvalue weighted by molar-refractivity contribution is 5.89. The minimum atomic E-state index is -0.239. The third kappa shape index (κ3) is 4.66. The lowest BCUT2D eigenvalue weighted by atomic mass is 10.1. The highest BCUT2D eigenvalue weighted by atomic mass is 16.5. The summed E-state index contributed by atoms with van der Waals surface area (Å²) in [5.74, 6) is -0.219. The van der Waals surface area contributed by atoms with E-state index in [0.717, 1.165) is 32.8 Å². The highest BCUT2D eigenvalue weighted by Crippen LogP contribution is 2.20. The van der Waals surface area contributed by atoms with E-state index >= 15 is 0 Å². The van der Waals surface area contributed by atoms with Crippen LogP contribution < -0.4 is 5.32 Å². The summed E-state index contributed by atoms with van der Waals surface area (Å²) in [7, 11) is 1.62. The molecule has 2 aliphatic rings. The molecule has 22 heavy (non-hydrogen) atoms. The molecule has 2 amide bonds. The van der Waals surface area contributed by atoms with Crippen LogP contribution in [0.5, 0.6) is 0 Å². The Morgan fingerprint density at radius 3 is 2.86 bits per heavy atom. The van der Waals surface area contributed by atoms with Crippen LogP contribution in [0.15, 0.2) is 0 Å². The lowest BCUT2D eigenvalue weighted by Crippen LogP contribution is -2.43. The van der Waals surface area contributed by atoms with E-state index in [1.165, 1.54) is 0 Å². The van der Waals surface area contributed by atoms with Gasteiger partial charge in [0.05, 0.1) is 31.8 Å². The number of ether oxygens (including phenoxy) is 2. The summed E-state index contributed by atoms with van der Waals surface area (Å²) >= 11 is 0. The summed E-state index contributed by atoms with van der Waals surface area (Å²) in [5, 5.41) is 2.95. The van der Waals surface area contributed by atoms with E-state index in [2.05, 4.69) is 10.2 Å². The smallest absolute Gasteiger partial charge is 0.225 e. The minimum Gasteiger partial charge on any atom is -0.383 e. The second-order valence-corrected chi connectivity index (χ2v) is 6.00. The van der Waals surface area contributed by atoms with Gasteiger partial charge in [0, 0.05) is 46.3 Å². The minimum absolute atomic E-state index is 0.0173. The fraction of sp³-hybridized carbons (Fsp3) is 0.867. The predicted molar refractivity (Wildman–Crippen MR) is 81.4 cm³/mol. The van der Waals surface area contributed by atoms with Crippen LogP contribution in [0.2, 0.25) is 0 Å². The monoisotopic (exact) mass is 313 g/mol. The van der Waals surface area contributed by atoms with Gasteiger partial charge in [0.15, 0.2) is 0 Å². The molecule has 7 nitrogen and oxygen atoms in total. The topological polar surface area (TPSA) is 71.1 Å². The van der Waals surface area contributed by atoms with Crippen molar-refractivity contribution in [2.24, 2.45) is 5.92 Å². The molecule has 0 aromatic rings. The quantitative estimate of drug-likeness (QED) is 0.674. The molecule has 0 bridgehead atoms. The van der Waals surface area contributed by atoms with E-state index in [-0.39, 0.29) is 23.8 Å². The van der Waals surface area contributed by atoms with Crippen LogP contribution in [-0.2, 0) is 19.1 Å². The Morgan fingerprint density at radius 1 is 1.45 bits per heavy atom. The maximum Gasteiger partial charge on any atom is 0.225 e. The van der Waals surface area contributed by atoms with Crippen molar-refractivity contribution in [2.75, 3.05) is 59.7 Å². The summed E-state index contributed by atoms with van der Waals surface area (Å²) in [6, 6.07) is 0.0173. The summed E-state index contributed by atoms with van der Waals surface area (Å²) in [4.78, 5) is 28.2. The molecular formula is C15H27N3O4. The van der Waals surface area contributed by atoms with Crippen LogP contribution in [0.4, 0.5) is 0 Å². The second-order valence-electron chi connectivity index (χ2n) is 6.00. The molecule has 0 unspecified atom stereocenters. The summed E-state index contributed by atoms with van der Waals surface area (Å²) in [5.41, 5.74) is 0. The third-order valence-corrected chi connectivity index (χ3v) is 4.30. The molecular weight excluding hydrogens is 286 g/mol. The molecule has 2 fully saturated rings. The van der Waals surface area contributed by atoms with Crippen molar-refractivity contribution in [2.45, 2.75) is 19.4 Å². The van der Waals surface area contributed by atoms with Gasteiger partial charge in [-0.1, -0.05) is 0 Å². The number of amides is 2. The van der Waals surface area contributed by atoms with Gasteiger partial charge in [-0.15, -0.1) is 0 Å². The molecule has 2 aliphatic heterocycles. The lowest BCUT2D eigenvalue weighted by Gasteiger charge is -2.26. The zero-order chi connectivity index (χ0) is 15.9. The lowest BCUT2D eigenvalue weighted by molar-refractivity contribution is -0.130. The van der Waals surface area contributed by atoms with Crippen molar-refractivity contribution < 1.29 is 19.1 Å². The Morgan fingerprint density at radius 2 is 2.18 bits per heavy atom. The highest BCUT2D eigenvalue weighted by Gasteiger charge is 2.36. The number of hydrogen-bond acceptors (Lipinski definition) is 5. The first kappa shape index (κ1) is 17.2. The fourth-order valence-corrected chi connectivity index (χ4v) is 2.97. The van der Waals surface area contributed by atoms with Gasteiger partial charge in [0.1, 0.15) is 0 Å². The zero-order valence-corrected chi connectivity index (χ0v) is 13.5. The van der Waals surface area contributed by atoms with Gasteiger partial charge in [-0.25, -0.2) is 0 Å². The normalized spacial score (nSPS) is 24.5.